The third kappa shape index (κ3) is 4.57. The van der Waals surface area contributed by atoms with Crippen LogP contribution in [-0.2, 0) is 4.74 Å². The van der Waals surface area contributed by atoms with Gasteiger partial charge >= 0.3 is 6.09 Å². The van der Waals surface area contributed by atoms with Crippen molar-refractivity contribution >= 4 is 11.9 Å². The fraction of sp³-hybridized carbons (Fsp3) is 0.619. The normalized spacial score (nSPS) is 23.8. The summed E-state index contributed by atoms with van der Waals surface area (Å²) in [6.07, 6.45) is -3.08. The molecule has 2 aromatic rings. The molecule has 0 bridgehead atoms. The monoisotopic (exact) mass is 453 g/mol. The van der Waals surface area contributed by atoms with E-state index in [0.717, 1.165) is 10.6 Å². The van der Waals surface area contributed by atoms with E-state index in [-0.39, 0.29) is 37.6 Å². The van der Waals surface area contributed by atoms with Crippen LogP contribution < -0.4 is 4.90 Å². The van der Waals surface area contributed by atoms with Gasteiger partial charge < -0.3 is 9.84 Å². The van der Waals surface area contributed by atoms with Crippen molar-refractivity contribution in [2.45, 2.75) is 70.0 Å². The summed E-state index contributed by atoms with van der Waals surface area (Å²) in [5.41, 5.74) is 1.74. The van der Waals surface area contributed by atoms with E-state index in [1.54, 1.807) is 13.8 Å². The Balaban J connectivity index is 1.78. The molecule has 0 unspecified atom stereocenters. The van der Waals surface area contributed by atoms with Crippen molar-refractivity contribution in [1.82, 2.24) is 19.7 Å². The van der Waals surface area contributed by atoms with Crippen molar-refractivity contribution in [3.8, 4) is 5.95 Å². The number of hydrogen-bond donors (Lipinski definition) is 1. The molecule has 1 saturated carbocycles. The lowest BCUT2D eigenvalue weighted by Gasteiger charge is -2.35. The minimum Gasteiger partial charge on any atom is -0.465 e. The van der Waals surface area contributed by atoms with Crippen LogP contribution in [-0.4, -0.2) is 62.3 Å². The first-order valence-corrected chi connectivity index (χ1v) is 10.7. The summed E-state index contributed by atoms with van der Waals surface area (Å²) in [5.74, 6) is -3.35. The van der Waals surface area contributed by atoms with Gasteiger partial charge in [-0.25, -0.2) is 27.6 Å². The number of ether oxygens (including phenoxy) is 1. The molecule has 1 saturated heterocycles. The van der Waals surface area contributed by atoms with Crippen molar-refractivity contribution in [1.29, 1.82) is 0 Å². The lowest BCUT2D eigenvalue weighted by Crippen LogP contribution is -2.44. The number of carbonyl (C=O) groups is 1. The van der Waals surface area contributed by atoms with E-state index in [1.165, 1.54) is 10.7 Å². The highest BCUT2D eigenvalue weighted by Crippen LogP contribution is 2.37. The molecular formula is C21H26F3N5O3. The molecule has 8 nitrogen and oxygen atoms in total. The van der Waals surface area contributed by atoms with Crippen LogP contribution in [0.25, 0.3) is 5.95 Å². The molecule has 0 aromatic carbocycles. The molecule has 32 heavy (non-hydrogen) atoms. The van der Waals surface area contributed by atoms with Gasteiger partial charge in [-0.2, -0.15) is 10.1 Å². The zero-order valence-corrected chi connectivity index (χ0v) is 18.0. The number of anilines is 1. The maximum Gasteiger partial charge on any atom is 0.413 e. The van der Waals surface area contributed by atoms with Crippen LogP contribution in [0.1, 0.15) is 55.1 Å². The second kappa shape index (κ2) is 8.68. The van der Waals surface area contributed by atoms with Crippen molar-refractivity contribution in [2.24, 2.45) is 0 Å². The van der Waals surface area contributed by atoms with E-state index in [4.69, 9.17) is 4.74 Å². The predicted octanol–water partition coefficient (Wildman–Crippen LogP) is 4.18. The van der Waals surface area contributed by atoms with Crippen molar-refractivity contribution in [3.63, 3.8) is 0 Å². The fourth-order valence-electron chi connectivity index (χ4n) is 4.39. The Labute approximate surface area is 183 Å². The number of aryl methyl sites for hydroxylation is 2. The van der Waals surface area contributed by atoms with E-state index in [9.17, 15) is 23.1 Å². The molecule has 2 fully saturated rings. The molecule has 0 radical (unpaired) electrons. The standard InChI is InChI=1S/C21H26F3N5O3/c1-12-9-13(2)29(27-12)19-25-17(15-11-32-8-5-16(15)22)10-18(26-19)28(20(30)31)14-3-6-21(23,24)7-4-14/h9-10,14-16H,3-8,11H2,1-2H3,(H,30,31)/t15-,16+/m0/s1. The van der Waals surface area contributed by atoms with Crippen LogP contribution >= 0.6 is 0 Å². The molecule has 1 amide bonds. The molecule has 2 atom stereocenters. The second-order valence-electron chi connectivity index (χ2n) is 8.52. The quantitative estimate of drug-likeness (QED) is 0.747. The van der Waals surface area contributed by atoms with Gasteiger partial charge in [0.15, 0.2) is 0 Å². The third-order valence-corrected chi connectivity index (χ3v) is 6.08. The van der Waals surface area contributed by atoms with Crippen LogP contribution in [0, 0.1) is 13.8 Å². The highest BCUT2D eigenvalue weighted by Gasteiger charge is 2.40. The average Bonchev–Trinajstić information content (AvgIpc) is 3.07. The highest BCUT2D eigenvalue weighted by atomic mass is 19.3. The molecule has 1 aliphatic heterocycles. The molecular weight excluding hydrogens is 427 g/mol. The number of aromatic nitrogens is 4. The summed E-state index contributed by atoms with van der Waals surface area (Å²) in [7, 11) is 0. The van der Waals surface area contributed by atoms with Gasteiger partial charge in [-0.15, -0.1) is 0 Å². The first kappa shape index (κ1) is 22.5. The fourth-order valence-corrected chi connectivity index (χ4v) is 4.39. The van der Waals surface area contributed by atoms with Crippen molar-refractivity contribution < 1.29 is 27.8 Å². The van der Waals surface area contributed by atoms with Gasteiger partial charge in [0.1, 0.15) is 12.0 Å². The van der Waals surface area contributed by atoms with E-state index < -0.39 is 43.0 Å². The molecule has 1 aliphatic carbocycles. The van der Waals surface area contributed by atoms with E-state index >= 15 is 0 Å². The Hall–Kier alpha value is -2.69. The van der Waals surface area contributed by atoms with E-state index in [2.05, 4.69) is 15.1 Å². The number of alkyl halides is 3. The van der Waals surface area contributed by atoms with Gasteiger partial charge in [-0.1, -0.05) is 0 Å². The largest absolute Gasteiger partial charge is 0.465 e. The summed E-state index contributed by atoms with van der Waals surface area (Å²) in [5, 5.41) is 14.3. The number of hydrogen-bond acceptors (Lipinski definition) is 5. The lowest BCUT2D eigenvalue weighted by atomic mass is 9.91. The molecule has 174 valence electrons. The third-order valence-electron chi connectivity index (χ3n) is 6.08. The van der Waals surface area contributed by atoms with Gasteiger partial charge in [0.2, 0.25) is 5.92 Å². The Morgan fingerprint density at radius 1 is 1.22 bits per heavy atom. The van der Waals surface area contributed by atoms with Gasteiger partial charge in [-0.05, 0) is 32.8 Å². The summed E-state index contributed by atoms with van der Waals surface area (Å²) in [6, 6.07) is 2.59. The molecule has 11 heteroatoms. The number of nitrogens with zero attached hydrogens (tertiary/aromatic N) is 5. The lowest BCUT2D eigenvalue weighted by molar-refractivity contribution is -0.0379. The smallest absolute Gasteiger partial charge is 0.413 e. The van der Waals surface area contributed by atoms with Crippen LogP contribution in [0.4, 0.5) is 23.8 Å². The van der Waals surface area contributed by atoms with Crippen LogP contribution in [0.15, 0.2) is 12.1 Å². The van der Waals surface area contributed by atoms with Crippen LogP contribution in [0.3, 0.4) is 0 Å². The van der Waals surface area contributed by atoms with E-state index in [1.807, 2.05) is 6.07 Å². The van der Waals surface area contributed by atoms with Crippen molar-refractivity contribution in [3.05, 3.63) is 29.2 Å². The Morgan fingerprint density at radius 2 is 1.94 bits per heavy atom. The number of halogens is 3. The second-order valence-corrected chi connectivity index (χ2v) is 8.52. The highest BCUT2D eigenvalue weighted by molar-refractivity contribution is 5.85. The minimum absolute atomic E-state index is 0.00610. The topological polar surface area (TPSA) is 93.4 Å². The van der Waals surface area contributed by atoms with Gasteiger partial charge in [0.25, 0.3) is 5.95 Å². The molecule has 1 N–H and O–H groups in total. The molecule has 0 spiro atoms. The average molecular weight is 453 g/mol. The number of carboxylic acid groups (broad SMARTS) is 1. The van der Waals surface area contributed by atoms with Crippen molar-refractivity contribution in [2.75, 3.05) is 18.1 Å². The number of amides is 1. The van der Waals surface area contributed by atoms with Gasteiger partial charge in [0.05, 0.1) is 23.9 Å². The summed E-state index contributed by atoms with van der Waals surface area (Å²) < 4.78 is 48.9. The molecule has 4 rings (SSSR count). The zero-order valence-electron chi connectivity index (χ0n) is 18.0. The summed E-state index contributed by atoms with van der Waals surface area (Å²) in [6.45, 7) is 4.01. The summed E-state index contributed by atoms with van der Waals surface area (Å²) in [4.78, 5) is 22.1. The first-order chi connectivity index (χ1) is 15.1. The minimum atomic E-state index is -2.80. The van der Waals surface area contributed by atoms with Crippen LogP contribution in [0.5, 0.6) is 0 Å². The SMILES string of the molecule is Cc1cc(C)n(-c2nc([C@H]3COCC[C@H]3F)cc(N(C(=O)O)C3CCC(F)(F)CC3)n2)n1. The van der Waals surface area contributed by atoms with Gasteiger partial charge in [-0.3, -0.25) is 4.90 Å². The Kier molecular flexibility index (Phi) is 6.11. The zero-order chi connectivity index (χ0) is 23.0. The predicted molar refractivity (Wildman–Crippen MR) is 109 cm³/mol. The van der Waals surface area contributed by atoms with Gasteiger partial charge in [0, 0.05) is 43.7 Å². The van der Waals surface area contributed by atoms with Crippen LogP contribution in [0.2, 0.25) is 0 Å². The first-order valence-electron chi connectivity index (χ1n) is 10.7. The summed E-state index contributed by atoms with van der Waals surface area (Å²) >= 11 is 0. The number of rotatable bonds is 4. The maximum absolute atomic E-state index is 14.7. The van der Waals surface area contributed by atoms with E-state index in [0.29, 0.717) is 18.0 Å². The maximum atomic E-state index is 14.7. The molecule has 3 heterocycles. The molecule has 2 aliphatic rings. The molecule has 2 aromatic heterocycles. The Morgan fingerprint density at radius 3 is 2.53 bits per heavy atom. The Bertz CT molecular complexity index is 989.